The van der Waals surface area contributed by atoms with Crippen LogP contribution in [0.25, 0.3) is 0 Å². The first-order valence-electron chi connectivity index (χ1n) is 9.55. The summed E-state index contributed by atoms with van der Waals surface area (Å²) in [7, 11) is 0. The summed E-state index contributed by atoms with van der Waals surface area (Å²) in [6, 6.07) is 15.2. The maximum atomic E-state index is 13.4. The van der Waals surface area contributed by atoms with Crippen molar-refractivity contribution in [2.24, 2.45) is 0 Å². The van der Waals surface area contributed by atoms with Crippen LogP contribution in [0.3, 0.4) is 0 Å². The number of anilines is 1. The van der Waals surface area contributed by atoms with Gasteiger partial charge in [0, 0.05) is 28.1 Å². The van der Waals surface area contributed by atoms with E-state index in [1.807, 2.05) is 37.3 Å². The molecule has 29 heavy (non-hydrogen) atoms. The zero-order valence-corrected chi connectivity index (χ0v) is 17.4. The first-order valence-corrected chi connectivity index (χ1v) is 10.3. The lowest BCUT2D eigenvalue weighted by atomic mass is 9.72. The first kappa shape index (κ1) is 18.2. The molecule has 5 rings (SSSR count). The number of ketones is 1. The van der Waals surface area contributed by atoms with Crippen molar-refractivity contribution in [3.63, 3.8) is 0 Å². The number of aromatic hydroxyl groups is 1. The second-order valence-electron chi connectivity index (χ2n) is 7.64. The molecule has 5 nitrogen and oxygen atoms in total. The highest BCUT2D eigenvalue weighted by molar-refractivity contribution is 9.10. The van der Waals surface area contributed by atoms with Gasteiger partial charge in [-0.05, 0) is 54.7 Å². The number of carbonyl (C=O) groups is 1. The Kier molecular flexibility index (Phi) is 4.32. The van der Waals surface area contributed by atoms with Gasteiger partial charge in [0.1, 0.15) is 5.75 Å². The van der Waals surface area contributed by atoms with Crippen LogP contribution < -0.4 is 5.32 Å². The molecular weight excluding hydrogens is 432 g/mol. The number of phenols is 1. The fourth-order valence-electron chi connectivity index (χ4n) is 4.47. The summed E-state index contributed by atoms with van der Waals surface area (Å²) in [5.41, 5.74) is 5.50. The number of aromatic nitrogens is 1. The third kappa shape index (κ3) is 3.08. The fourth-order valence-corrected chi connectivity index (χ4v) is 4.89. The van der Waals surface area contributed by atoms with Gasteiger partial charge in [0.15, 0.2) is 5.78 Å². The molecule has 146 valence electrons. The summed E-state index contributed by atoms with van der Waals surface area (Å²) >= 11 is 3.55. The number of hydrogen-bond donors (Lipinski definition) is 2. The van der Waals surface area contributed by atoms with E-state index in [-0.39, 0.29) is 23.4 Å². The number of halogens is 1. The summed E-state index contributed by atoms with van der Waals surface area (Å²) < 4.78 is 6.53. The number of phenolic OH excluding ortho intramolecular Hbond substituents is 1. The van der Waals surface area contributed by atoms with Crippen molar-refractivity contribution in [1.29, 1.82) is 0 Å². The molecule has 2 atom stereocenters. The van der Waals surface area contributed by atoms with Crippen LogP contribution in [0.15, 0.2) is 68.8 Å². The number of fused-ring (bicyclic) bond motifs is 1. The van der Waals surface area contributed by atoms with Gasteiger partial charge >= 0.3 is 0 Å². The maximum Gasteiger partial charge on any atom is 0.233 e. The molecule has 0 spiro atoms. The topological polar surface area (TPSA) is 75.4 Å². The largest absolute Gasteiger partial charge is 0.508 e. The Balaban J connectivity index is 1.62. The molecule has 0 saturated carbocycles. The highest BCUT2D eigenvalue weighted by Gasteiger charge is 2.41. The number of hydrogen-bond acceptors (Lipinski definition) is 5. The van der Waals surface area contributed by atoms with Crippen molar-refractivity contribution < 1.29 is 14.4 Å². The van der Waals surface area contributed by atoms with E-state index in [2.05, 4.69) is 32.5 Å². The molecule has 3 aromatic rings. The molecule has 0 amide bonds. The van der Waals surface area contributed by atoms with Crippen molar-refractivity contribution >= 4 is 27.6 Å². The van der Waals surface area contributed by atoms with Gasteiger partial charge in [0.05, 0.1) is 11.3 Å². The molecule has 1 aliphatic heterocycles. The number of carbonyl (C=O) groups excluding carboxylic acids is 1. The van der Waals surface area contributed by atoms with Crippen LogP contribution in [-0.4, -0.2) is 16.0 Å². The smallest absolute Gasteiger partial charge is 0.233 e. The molecule has 2 N–H and O–H groups in total. The Hall–Kier alpha value is -2.86. The van der Waals surface area contributed by atoms with Crippen LogP contribution >= 0.6 is 15.9 Å². The zero-order valence-electron chi connectivity index (χ0n) is 15.8. The van der Waals surface area contributed by atoms with Crippen LogP contribution in [0.2, 0.25) is 0 Å². The standard InChI is InChI=1S/C23H19BrN2O3/c1-12-20-21(14-3-2-4-16(24)9-14)22-18(25-23(20)29-26-12)10-15(11-19(22)28)13-5-7-17(27)8-6-13/h2-9,15,21,25,27H,10-11H2,1H3/t15-,21-/m1/s1. The molecule has 6 heteroatoms. The monoisotopic (exact) mass is 450 g/mol. The second-order valence-corrected chi connectivity index (χ2v) is 8.55. The molecule has 2 heterocycles. The lowest BCUT2D eigenvalue weighted by Crippen LogP contribution is -2.29. The van der Waals surface area contributed by atoms with E-state index in [1.54, 1.807) is 12.1 Å². The Morgan fingerprint density at radius 2 is 1.93 bits per heavy atom. The van der Waals surface area contributed by atoms with E-state index in [9.17, 15) is 9.90 Å². The second kappa shape index (κ2) is 6.88. The predicted molar refractivity (Wildman–Crippen MR) is 113 cm³/mol. The number of Topliss-reactive ketones (excluding diaryl/α,β-unsaturated/α-hetero) is 1. The molecule has 0 bridgehead atoms. The minimum absolute atomic E-state index is 0.0584. The van der Waals surface area contributed by atoms with Crippen molar-refractivity contribution in [2.45, 2.75) is 31.6 Å². The van der Waals surface area contributed by atoms with E-state index in [1.165, 1.54) is 0 Å². The van der Waals surface area contributed by atoms with Crippen molar-refractivity contribution in [1.82, 2.24) is 5.16 Å². The molecule has 0 radical (unpaired) electrons. The average Bonchev–Trinajstić information content (AvgIpc) is 3.07. The first-order chi connectivity index (χ1) is 14.0. The molecule has 1 aliphatic carbocycles. The van der Waals surface area contributed by atoms with Crippen LogP contribution in [-0.2, 0) is 4.79 Å². The molecule has 0 fully saturated rings. The molecule has 2 aliphatic rings. The van der Waals surface area contributed by atoms with E-state index in [0.29, 0.717) is 18.7 Å². The van der Waals surface area contributed by atoms with Gasteiger partial charge in [0.2, 0.25) is 5.88 Å². The maximum absolute atomic E-state index is 13.4. The Labute approximate surface area is 176 Å². The number of benzene rings is 2. The summed E-state index contributed by atoms with van der Waals surface area (Å²) in [5, 5.41) is 17.1. The Bertz CT molecular complexity index is 1150. The third-order valence-electron chi connectivity index (χ3n) is 5.80. The van der Waals surface area contributed by atoms with Crippen LogP contribution in [0.4, 0.5) is 5.88 Å². The lowest BCUT2D eigenvalue weighted by molar-refractivity contribution is -0.116. The van der Waals surface area contributed by atoms with Gasteiger partial charge in [-0.15, -0.1) is 0 Å². The summed E-state index contributed by atoms with van der Waals surface area (Å²) in [6.45, 7) is 1.91. The van der Waals surface area contributed by atoms with E-state index >= 15 is 0 Å². The van der Waals surface area contributed by atoms with Crippen molar-refractivity contribution in [2.75, 3.05) is 5.32 Å². The van der Waals surface area contributed by atoms with Gasteiger partial charge in [-0.25, -0.2) is 0 Å². The summed E-state index contributed by atoms with van der Waals surface area (Å²) in [4.78, 5) is 13.4. The molecule has 0 unspecified atom stereocenters. The number of rotatable bonds is 2. The quantitative estimate of drug-likeness (QED) is 0.545. The van der Waals surface area contributed by atoms with E-state index < -0.39 is 0 Å². The molecular formula is C23H19BrN2O3. The molecule has 0 saturated heterocycles. The van der Waals surface area contributed by atoms with E-state index in [0.717, 1.165) is 38.1 Å². The average molecular weight is 451 g/mol. The van der Waals surface area contributed by atoms with Crippen molar-refractivity contribution in [3.8, 4) is 5.75 Å². The highest BCUT2D eigenvalue weighted by atomic mass is 79.9. The summed E-state index contributed by atoms with van der Waals surface area (Å²) in [5.74, 6) is 0.836. The number of nitrogens with zero attached hydrogens (tertiary/aromatic N) is 1. The van der Waals surface area contributed by atoms with Gasteiger partial charge in [-0.3, -0.25) is 4.79 Å². The number of aryl methyl sites for hydroxylation is 1. The minimum Gasteiger partial charge on any atom is -0.508 e. The third-order valence-corrected chi connectivity index (χ3v) is 6.30. The fraction of sp³-hybridized carbons (Fsp3) is 0.217. The Morgan fingerprint density at radius 1 is 1.14 bits per heavy atom. The predicted octanol–water partition coefficient (Wildman–Crippen LogP) is 5.41. The van der Waals surface area contributed by atoms with Crippen LogP contribution in [0.5, 0.6) is 5.75 Å². The van der Waals surface area contributed by atoms with Gasteiger partial charge in [0.25, 0.3) is 0 Å². The van der Waals surface area contributed by atoms with Gasteiger partial charge < -0.3 is 14.9 Å². The summed E-state index contributed by atoms with van der Waals surface area (Å²) in [6.07, 6.45) is 1.14. The zero-order chi connectivity index (χ0) is 20.1. The Morgan fingerprint density at radius 3 is 2.69 bits per heavy atom. The van der Waals surface area contributed by atoms with Crippen LogP contribution in [0.1, 0.15) is 47.1 Å². The van der Waals surface area contributed by atoms with Crippen molar-refractivity contribution in [3.05, 3.63) is 86.7 Å². The lowest BCUT2D eigenvalue weighted by Gasteiger charge is -2.34. The normalized spacial score (nSPS) is 20.8. The van der Waals surface area contributed by atoms with Gasteiger partial charge in [-0.2, -0.15) is 0 Å². The molecule has 2 aromatic carbocycles. The molecule has 1 aromatic heterocycles. The van der Waals surface area contributed by atoms with E-state index in [4.69, 9.17) is 4.52 Å². The minimum atomic E-state index is -0.196. The number of allylic oxidation sites excluding steroid dienone is 2. The van der Waals surface area contributed by atoms with Gasteiger partial charge in [-0.1, -0.05) is 45.4 Å². The van der Waals surface area contributed by atoms with Crippen LogP contribution in [0, 0.1) is 6.92 Å². The highest BCUT2D eigenvalue weighted by Crippen LogP contribution is 2.49. The SMILES string of the molecule is Cc1noc2c1[C@@H](c1cccc(Br)c1)C1=C(C[C@@H](c3ccc(O)cc3)CC1=O)N2. The number of nitrogens with one attached hydrogen (secondary N) is 1.